The second-order valence-electron chi connectivity index (χ2n) is 8.21. The monoisotopic (exact) mass is 337 g/mol. The van der Waals surface area contributed by atoms with Gasteiger partial charge in [0, 0.05) is 30.0 Å². The summed E-state index contributed by atoms with van der Waals surface area (Å²) in [5.41, 5.74) is 5.90. The number of carbonyl (C=O) groups excluding carboxylic acids is 1. The van der Waals surface area contributed by atoms with Gasteiger partial charge in [-0.1, -0.05) is 18.2 Å². The molecule has 0 amide bonds. The van der Waals surface area contributed by atoms with Crippen LogP contribution >= 0.6 is 0 Å². The van der Waals surface area contributed by atoms with E-state index in [1.165, 1.54) is 11.1 Å². The van der Waals surface area contributed by atoms with Crippen LogP contribution in [0.15, 0.2) is 41.1 Å². The summed E-state index contributed by atoms with van der Waals surface area (Å²) in [6, 6.07) is 6.86. The first-order valence-electron chi connectivity index (χ1n) is 9.22. The lowest BCUT2D eigenvalue weighted by atomic mass is 9.61. The van der Waals surface area contributed by atoms with E-state index in [1.807, 2.05) is 6.07 Å². The molecule has 2 bridgehead atoms. The van der Waals surface area contributed by atoms with Gasteiger partial charge < -0.3 is 14.5 Å². The lowest BCUT2D eigenvalue weighted by Gasteiger charge is -2.51. The molecule has 2 fully saturated rings. The summed E-state index contributed by atoms with van der Waals surface area (Å²) >= 11 is 0. The Morgan fingerprint density at radius 1 is 1.40 bits per heavy atom. The lowest BCUT2D eigenvalue weighted by molar-refractivity contribution is -0.923. The highest BCUT2D eigenvalue weighted by Gasteiger charge is 2.67. The number of ether oxygens (including phenoxy) is 1. The third kappa shape index (κ3) is 1.59. The Hall–Kier alpha value is -2.07. The van der Waals surface area contributed by atoms with Crippen molar-refractivity contribution < 1.29 is 14.0 Å². The zero-order valence-corrected chi connectivity index (χ0v) is 15.1. The average molecular weight is 337 g/mol. The van der Waals surface area contributed by atoms with E-state index < -0.39 is 0 Å². The molecular formula is C21H25N2O2+. The number of carbonyl (C=O) groups is 1. The smallest absolute Gasteiger partial charge is 0.148 e. The molecule has 130 valence electrons. The topological polar surface area (TPSA) is 38.3 Å². The molecule has 4 aliphatic rings. The molecule has 0 radical (unpaired) electrons. The summed E-state index contributed by atoms with van der Waals surface area (Å²) in [5.74, 6) is 1.15. The third-order valence-corrected chi connectivity index (χ3v) is 7.37. The van der Waals surface area contributed by atoms with Crippen molar-refractivity contribution in [2.75, 3.05) is 32.6 Å². The van der Waals surface area contributed by atoms with Crippen LogP contribution in [0.5, 0.6) is 5.75 Å². The number of methoxy groups -OCH3 is 1. The number of rotatable bonds is 2. The summed E-state index contributed by atoms with van der Waals surface area (Å²) in [6.07, 6.45) is 5.52. The van der Waals surface area contributed by atoms with Gasteiger partial charge in [-0.25, -0.2) is 0 Å². The number of anilines is 1. The molecule has 1 spiro atoms. The SMILES string of the molecule is CC=C1C[N+]2(C)CCC34C(=C(C=O)C1CC32)Nc1c(OC)cccc14. The van der Waals surface area contributed by atoms with E-state index in [-0.39, 0.29) is 11.3 Å². The molecular weight excluding hydrogens is 312 g/mol. The molecule has 25 heavy (non-hydrogen) atoms. The van der Waals surface area contributed by atoms with Crippen LogP contribution in [0.4, 0.5) is 5.69 Å². The zero-order valence-electron chi connectivity index (χ0n) is 15.1. The van der Waals surface area contributed by atoms with Gasteiger partial charge in [0.25, 0.3) is 0 Å². The predicted octanol–water partition coefficient (Wildman–Crippen LogP) is 3.01. The standard InChI is InChI=1S/C21H24N2O2/c1-4-13-11-23(2)9-8-21-16-6-5-7-17(25-3)19(16)22-20(21)15(12-24)14(13)10-18(21)23/h4-7,12,14,18H,8-11H2,1-3H3/p+1. The van der Waals surface area contributed by atoms with Crippen molar-refractivity contribution in [3.8, 4) is 5.75 Å². The summed E-state index contributed by atoms with van der Waals surface area (Å²) < 4.78 is 6.71. The van der Waals surface area contributed by atoms with E-state index in [9.17, 15) is 4.79 Å². The first-order chi connectivity index (χ1) is 12.1. The number of benzene rings is 1. The van der Waals surface area contributed by atoms with E-state index in [0.717, 1.165) is 59.4 Å². The minimum atomic E-state index is -0.0510. The number of aldehydes is 1. The van der Waals surface area contributed by atoms with Crippen molar-refractivity contribution in [1.29, 1.82) is 0 Å². The van der Waals surface area contributed by atoms with Gasteiger partial charge >= 0.3 is 0 Å². The van der Waals surface area contributed by atoms with Crippen molar-refractivity contribution in [1.82, 2.24) is 0 Å². The maximum atomic E-state index is 12.2. The first kappa shape index (κ1) is 15.2. The van der Waals surface area contributed by atoms with Crippen molar-refractivity contribution in [3.05, 3.63) is 46.7 Å². The molecule has 0 aromatic heterocycles. The number of fused-ring (bicyclic) bond motifs is 2. The first-order valence-corrected chi connectivity index (χ1v) is 9.22. The normalized spacial score (nSPS) is 39.1. The molecule has 4 heteroatoms. The molecule has 0 saturated carbocycles. The Labute approximate surface area is 148 Å². The number of hydrogen-bond acceptors (Lipinski definition) is 3. The Bertz CT molecular complexity index is 855. The Morgan fingerprint density at radius 3 is 2.96 bits per heavy atom. The molecule has 5 rings (SSSR count). The van der Waals surface area contributed by atoms with Crippen molar-refractivity contribution in [3.63, 3.8) is 0 Å². The second-order valence-corrected chi connectivity index (χ2v) is 8.21. The van der Waals surface area contributed by atoms with Crippen LogP contribution in [0.25, 0.3) is 0 Å². The largest absolute Gasteiger partial charge is 0.495 e. The van der Waals surface area contributed by atoms with Gasteiger partial charge in [0.15, 0.2) is 0 Å². The van der Waals surface area contributed by atoms with E-state index in [4.69, 9.17) is 4.74 Å². The number of allylic oxidation sites excluding steroid dienone is 2. The second kappa shape index (κ2) is 4.76. The number of likely N-dealkylation sites (N-methyl/N-ethyl adjacent to an activating group) is 1. The van der Waals surface area contributed by atoms with Gasteiger partial charge in [0.05, 0.1) is 31.8 Å². The number of hydrogen-bond donors (Lipinski definition) is 1. The zero-order chi connectivity index (χ0) is 17.4. The minimum absolute atomic E-state index is 0.0510. The molecule has 4 unspecified atom stereocenters. The number of piperidine rings is 1. The number of nitrogens with one attached hydrogen (secondary N) is 1. The average Bonchev–Trinajstić information content (AvgIpc) is 3.14. The molecule has 1 aromatic carbocycles. The van der Waals surface area contributed by atoms with Gasteiger partial charge in [-0.3, -0.25) is 4.79 Å². The quantitative estimate of drug-likeness (QED) is 0.512. The van der Waals surface area contributed by atoms with Crippen LogP contribution in [0.3, 0.4) is 0 Å². The van der Waals surface area contributed by atoms with Crippen LogP contribution < -0.4 is 10.1 Å². The van der Waals surface area contributed by atoms with Gasteiger partial charge in [0.1, 0.15) is 24.6 Å². The Kier molecular flexibility index (Phi) is 2.89. The van der Waals surface area contributed by atoms with Crippen LogP contribution in [0, 0.1) is 5.92 Å². The van der Waals surface area contributed by atoms with E-state index in [0.29, 0.717) is 6.04 Å². The summed E-state index contributed by atoms with van der Waals surface area (Å²) in [6.45, 7) is 4.34. The third-order valence-electron chi connectivity index (χ3n) is 7.37. The summed E-state index contributed by atoms with van der Waals surface area (Å²) in [5, 5.41) is 3.65. The van der Waals surface area contributed by atoms with Crippen molar-refractivity contribution in [2.45, 2.75) is 31.2 Å². The van der Waals surface area contributed by atoms with Crippen molar-refractivity contribution in [2.24, 2.45) is 5.92 Å². The highest BCUT2D eigenvalue weighted by Crippen LogP contribution is 2.63. The molecule has 3 aliphatic heterocycles. The lowest BCUT2D eigenvalue weighted by Crippen LogP contribution is -2.61. The summed E-state index contributed by atoms with van der Waals surface area (Å²) in [4.78, 5) is 12.2. The predicted molar refractivity (Wildman–Crippen MR) is 97.6 cm³/mol. The molecule has 4 nitrogen and oxygen atoms in total. The molecule has 4 atom stereocenters. The van der Waals surface area contributed by atoms with Crippen LogP contribution in [-0.2, 0) is 10.2 Å². The molecule has 3 heterocycles. The van der Waals surface area contributed by atoms with Gasteiger partial charge in [0.2, 0.25) is 0 Å². The maximum Gasteiger partial charge on any atom is 0.148 e. The fraction of sp³-hybridized carbons (Fsp3) is 0.476. The minimum Gasteiger partial charge on any atom is -0.495 e. The summed E-state index contributed by atoms with van der Waals surface area (Å²) in [7, 11) is 4.12. The number of para-hydroxylation sites is 1. The highest BCUT2D eigenvalue weighted by atomic mass is 16.5. The molecule has 1 aliphatic carbocycles. The van der Waals surface area contributed by atoms with Gasteiger partial charge in [-0.2, -0.15) is 0 Å². The fourth-order valence-corrected chi connectivity index (χ4v) is 6.28. The van der Waals surface area contributed by atoms with Crippen LogP contribution in [0.1, 0.15) is 25.3 Å². The number of quaternary nitrogens is 1. The Morgan fingerprint density at radius 2 is 2.24 bits per heavy atom. The molecule has 1 N–H and O–H groups in total. The van der Waals surface area contributed by atoms with Crippen LogP contribution in [-0.4, -0.2) is 44.1 Å². The van der Waals surface area contributed by atoms with E-state index >= 15 is 0 Å². The Balaban J connectivity index is 1.84. The molecule has 1 aromatic rings. The molecule has 2 saturated heterocycles. The number of nitrogens with zero attached hydrogens (tertiary/aromatic N) is 1. The van der Waals surface area contributed by atoms with Gasteiger partial charge in [-0.15, -0.1) is 0 Å². The highest BCUT2D eigenvalue weighted by molar-refractivity contribution is 5.86. The fourth-order valence-electron chi connectivity index (χ4n) is 6.28. The van der Waals surface area contributed by atoms with Crippen LogP contribution in [0.2, 0.25) is 0 Å². The van der Waals surface area contributed by atoms with Crippen molar-refractivity contribution >= 4 is 12.0 Å². The maximum absolute atomic E-state index is 12.2. The van der Waals surface area contributed by atoms with E-state index in [1.54, 1.807) is 7.11 Å². The van der Waals surface area contributed by atoms with Gasteiger partial charge in [-0.05, 0) is 24.1 Å². The van der Waals surface area contributed by atoms with E-state index in [2.05, 4.69) is 37.5 Å².